The number of carboxylic acid groups (broad SMARTS) is 3. The van der Waals surface area contributed by atoms with Gasteiger partial charge in [0.1, 0.15) is 0 Å². The summed E-state index contributed by atoms with van der Waals surface area (Å²) in [6.45, 7) is 22.0. The second-order valence-electron chi connectivity index (χ2n) is 21.9. The summed E-state index contributed by atoms with van der Waals surface area (Å²) in [6.07, 6.45) is 23.9. The van der Waals surface area contributed by atoms with Gasteiger partial charge in [-0.25, -0.2) is 0 Å². The van der Waals surface area contributed by atoms with Crippen LogP contribution in [0.1, 0.15) is 198 Å². The van der Waals surface area contributed by atoms with Crippen molar-refractivity contribution in [1.29, 1.82) is 0 Å². The molecule has 13 heteroatoms. The van der Waals surface area contributed by atoms with Gasteiger partial charge in [-0.1, -0.05) is 185 Å². The Balaban J connectivity index is 4.72. The summed E-state index contributed by atoms with van der Waals surface area (Å²) in [6, 6.07) is 0. The zero-order valence-electron chi connectivity index (χ0n) is 44.6. The second kappa shape index (κ2) is 40.0. The van der Waals surface area contributed by atoms with Crippen LogP contribution in [0.2, 0.25) is 0 Å². The molecule has 0 aromatic heterocycles. The molecule has 0 aliphatic rings. The number of nitrogens with zero attached hydrogens (tertiary/aromatic N) is 3. The molecule has 0 aromatic rings. The maximum atomic E-state index is 12.8. The highest BCUT2D eigenvalue weighted by Gasteiger charge is 2.21. The van der Waals surface area contributed by atoms with Crippen LogP contribution in [0.25, 0.3) is 0 Å². The van der Waals surface area contributed by atoms with E-state index >= 15 is 0 Å². The predicted molar refractivity (Wildman–Crippen MR) is 271 cm³/mol. The summed E-state index contributed by atoms with van der Waals surface area (Å²) in [5.41, 5.74) is 0. The zero-order chi connectivity index (χ0) is 50.6. The third-order valence-electron chi connectivity index (χ3n) is 13.5. The maximum Gasteiger partial charge on any atom is 0.320 e. The predicted octanol–water partition coefficient (Wildman–Crippen LogP) is 11.2. The quantitative estimate of drug-likeness (QED) is 0.0492. The van der Waals surface area contributed by atoms with Crippen LogP contribution in [0.15, 0.2) is 0 Å². The monoisotopic (exact) mass is 954 g/mol. The number of carbonyl (C=O) groups is 5. The van der Waals surface area contributed by atoms with Gasteiger partial charge in [0.25, 0.3) is 0 Å². The van der Waals surface area contributed by atoms with Crippen molar-refractivity contribution in [3.63, 3.8) is 0 Å². The van der Waals surface area contributed by atoms with Crippen molar-refractivity contribution in [2.75, 3.05) is 72.1 Å². The Kier molecular flexibility index (Phi) is 38.4. The summed E-state index contributed by atoms with van der Waals surface area (Å²) in [5, 5.41) is 28.7. The number of carboxylic acids is 3. The lowest BCUT2D eigenvalue weighted by molar-refractivity contribution is -0.148. The van der Waals surface area contributed by atoms with Crippen LogP contribution in [0.5, 0.6) is 0 Å². The average Bonchev–Trinajstić information content (AvgIpc) is 3.20. The van der Waals surface area contributed by atoms with Crippen LogP contribution in [0.3, 0.4) is 0 Å². The summed E-state index contributed by atoms with van der Waals surface area (Å²) in [5.74, 6) is 0.862. The van der Waals surface area contributed by atoms with Crippen molar-refractivity contribution in [1.82, 2.24) is 14.7 Å². The minimum Gasteiger partial charge on any atom is -0.480 e. The second-order valence-corrected chi connectivity index (χ2v) is 21.9. The van der Waals surface area contributed by atoms with Gasteiger partial charge in [0.15, 0.2) is 0 Å². The van der Waals surface area contributed by atoms with Gasteiger partial charge in [0.05, 0.1) is 45.9 Å². The maximum absolute atomic E-state index is 12.8. The molecule has 67 heavy (non-hydrogen) atoms. The Morgan fingerprint density at radius 2 is 0.552 bits per heavy atom. The molecule has 6 atom stereocenters. The van der Waals surface area contributed by atoms with Gasteiger partial charge >= 0.3 is 29.8 Å². The normalized spacial score (nSPS) is 14.7. The molecular weight excluding hydrogens is 851 g/mol. The molecule has 6 unspecified atom stereocenters. The van der Waals surface area contributed by atoms with Gasteiger partial charge < -0.3 is 24.8 Å². The number of aliphatic carboxylic acids is 3. The molecule has 0 fully saturated rings. The van der Waals surface area contributed by atoms with E-state index in [2.05, 4.69) is 69.2 Å². The van der Waals surface area contributed by atoms with E-state index in [9.17, 15) is 39.3 Å². The van der Waals surface area contributed by atoms with Gasteiger partial charge in [-0.05, 0) is 60.2 Å². The van der Waals surface area contributed by atoms with Crippen molar-refractivity contribution < 1.29 is 48.8 Å². The van der Waals surface area contributed by atoms with Crippen LogP contribution in [0.4, 0.5) is 0 Å². The molecule has 0 aliphatic heterocycles. The molecule has 0 heterocycles. The van der Waals surface area contributed by atoms with E-state index in [4.69, 9.17) is 9.47 Å². The summed E-state index contributed by atoms with van der Waals surface area (Å²) >= 11 is 0. The Morgan fingerprint density at radius 1 is 0.328 bits per heavy atom. The molecule has 0 radical (unpaired) electrons. The molecule has 0 spiro atoms. The smallest absolute Gasteiger partial charge is 0.320 e. The standard InChI is InChI=1S/C54H103N3O10/c1-42(2)17-11-19-44(5)21-13-23-46(7)25-15-27-48(9)29-35-66-53(64)40-56(38-51(60)61)33-31-55(37-50(58)59)32-34-57(39-52(62)63)41-54(65)67-36-30-49(10)28-16-26-47(8)24-14-22-45(6)20-12-18-43(3)4/h42-49H,11-41H2,1-10H3,(H,58,59)(H,60,61)(H,62,63). The van der Waals surface area contributed by atoms with E-state index in [1.807, 2.05) is 0 Å². The molecule has 3 N–H and O–H groups in total. The number of rotatable bonds is 46. The van der Waals surface area contributed by atoms with E-state index < -0.39 is 42.9 Å². The third kappa shape index (κ3) is 41.9. The minimum absolute atomic E-state index is 0.0658. The highest BCUT2D eigenvalue weighted by Crippen LogP contribution is 2.24. The fraction of sp³-hybridized carbons (Fsp3) is 0.907. The number of carbonyl (C=O) groups excluding carboxylic acids is 2. The van der Waals surface area contributed by atoms with Gasteiger partial charge in [-0.15, -0.1) is 0 Å². The Morgan fingerprint density at radius 3 is 0.806 bits per heavy atom. The number of hydrogen-bond donors (Lipinski definition) is 3. The van der Waals surface area contributed by atoms with E-state index in [0.29, 0.717) is 23.7 Å². The first-order valence-corrected chi connectivity index (χ1v) is 26.8. The summed E-state index contributed by atoms with van der Waals surface area (Å²) < 4.78 is 11.0. The highest BCUT2D eigenvalue weighted by atomic mass is 16.5. The molecule has 394 valence electrons. The van der Waals surface area contributed by atoms with E-state index in [1.165, 1.54) is 99.7 Å². The van der Waals surface area contributed by atoms with E-state index in [-0.39, 0.29) is 59.0 Å². The molecule has 0 saturated carbocycles. The van der Waals surface area contributed by atoms with Crippen LogP contribution in [-0.2, 0) is 33.4 Å². The molecule has 0 aliphatic carbocycles. The van der Waals surface area contributed by atoms with Gasteiger partial charge in [0.2, 0.25) is 0 Å². The van der Waals surface area contributed by atoms with Crippen molar-refractivity contribution in [2.24, 2.45) is 47.3 Å². The van der Waals surface area contributed by atoms with Gasteiger partial charge in [-0.2, -0.15) is 0 Å². The first-order valence-electron chi connectivity index (χ1n) is 26.8. The molecule has 0 rings (SSSR count). The Bertz CT molecular complexity index is 1210. The van der Waals surface area contributed by atoms with Gasteiger partial charge in [-0.3, -0.25) is 38.7 Å². The Labute approximate surface area is 409 Å². The number of hydrogen-bond acceptors (Lipinski definition) is 10. The lowest BCUT2D eigenvalue weighted by Crippen LogP contribution is -2.45. The van der Waals surface area contributed by atoms with Crippen LogP contribution < -0.4 is 0 Å². The fourth-order valence-corrected chi connectivity index (χ4v) is 8.92. The average molecular weight is 954 g/mol. The van der Waals surface area contributed by atoms with Crippen molar-refractivity contribution in [2.45, 2.75) is 198 Å². The first kappa shape index (κ1) is 64.2. The largest absolute Gasteiger partial charge is 0.480 e. The number of ether oxygens (including phenoxy) is 2. The molecule has 0 amide bonds. The third-order valence-corrected chi connectivity index (χ3v) is 13.5. The number of esters is 2. The van der Waals surface area contributed by atoms with E-state index in [0.717, 1.165) is 62.2 Å². The zero-order valence-corrected chi connectivity index (χ0v) is 44.6. The SMILES string of the molecule is CC(C)CCCC(C)CCCC(C)CCCC(C)CCOC(=O)CN(CCN(CCN(CC(=O)O)CC(=O)OCCC(C)CCCC(C)CCCC(C)CCCC(C)C)CC(=O)O)CC(=O)O. The van der Waals surface area contributed by atoms with Crippen molar-refractivity contribution in [3.05, 3.63) is 0 Å². The lowest BCUT2D eigenvalue weighted by atomic mass is 9.91. The summed E-state index contributed by atoms with van der Waals surface area (Å²) in [4.78, 5) is 65.1. The molecular formula is C54H103N3O10. The highest BCUT2D eigenvalue weighted by molar-refractivity contribution is 5.74. The summed E-state index contributed by atoms with van der Waals surface area (Å²) in [7, 11) is 0. The van der Waals surface area contributed by atoms with Gasteiger partial charge in [0, 0.05) is 26.2 Å². The van der Waals surface area contributed by atoms with Crippen LogP contribution in [-0.4, -0.2) is 132 Å². The molecule has 0 aromatic carbocycles. The molecule has 13 nitrogen and oxygen atoms in total. The topological polar surface area (TPSA) is 174 Å². The lowest BCUT2D eigenvalue weighted by Gasteiger charge is -2.27. The van der Waals surface area contributed by atoms with Crippen LogP contribution >= 0.6 is 0 Å². The first-order chi connectivity index (χ1) is 31.6. The molecule has 0 saturated heterocycles. The van der Waals surface area contributed by atoms with E-state index in [1.54, 1.807) is 4.90 Å². The fourth-order valence-electron chi connectivity index (χ4n) is 8.92. The minimum atomic E-state index is -1.13. The molecule has 0 bridgehead atoms. The Hall–Kier alpha value is -2.77. The van der Waals surface area contributed by atoms with Crippen molar-refractivity contribution >= 4 is 29.8 Å². The van der Waals surface area contributed by atoms with Crippen molar-refractivity contribution in [3.8, 4) is 0 Å². The van der Waals surface area contributed by atoms with Crippen LogP contribution in [0, 0.1) is 47.3 Å².